The van der Waals surface area contributed by atoms with Crippen molar-refractivity contribution < 1.29 is 28.6 Å². The zero-order chi connectivity index (χ0) is 55.7. The molecule has 0 N–H and O–H groups in total. The van der Waals surface area contributed by atoms with Gasteiger partial charge in [-0.3, -0.25) is 14.4 Å². The summed E-state index contributed by atoms with van der Waals surface area (Å²) in [6.07, 6.45) is 86.4. The van der Waals surface area contributed by atoms with E-state index in [1.807, 2.05) is 0 Å². The predicted octanol–water partition coefficient (Wildman–Crippen LogP) is 22.7. The molecule has 0 rings (SSSR count). The molecule has 0 bridgehead atoms. The maximum absolute atomic E-state index is 12.9. The van der Waals surface area contributed by atoms with Crippen LogP contribution in [-0.4, -0.2) is 37.2 Å². The number of unbranched alkanes of at least 4 members (excludes halogenated alkanes) is 35. The van der Waals surface area contributed by atoms with Crippen LogP contribution < -0.4 is 0 Å². The van der Waals surface area contributed by atoms with Crippen LogP contribution in [0.5, 0.6) is 0 Å². The lowest BCUT2D eigenvalue weighted by Gasteiger charge is -2.18. The summed E-state index contributed by atoms with van der Waals surface area (Å²) in [5.41, 5.74) is 0. The molecule has 0 aliphatic rings. The summed E-state index contributed by atoms with van der Waals surface area (Å²) in [5.74, 6) is -0.963. The molecule has 0 heterocycles. The minimum atomic E-state index is -0.810. The highest BCUT2D eigenvalue weighted by Crippen LogP contribution is 2.18. The molecule has 0 radical (unpaired) electrons. The number of carbonyl (C=O) groups excluding carboxylic acids is 3. The molecule has 444 valence electrons. The lowest BCUT2D eigenvalue weighted by molar-refractivity contribution is -0.167. The highest BCUT2D eigenvalue weighted by Gasteiger charge is 2.19. The maximum atomic E-state index is 12.9. The summed E-state index contributed by atoms with van der Waals surface area (Å²) >= 11 is 0. The second-order valence-electron chi connectivity index (χ2n) is 22.0. The van der Waals surface area contributed by atoms with E-state index in [0.29, 0.717) is 19.3 Å². The van der Waals surface area contributed by atoms with E-state index in [2.05, 4.69) is 106 Å². The minimum Gasteiger partial charge on any atom is -0.462 e. The topological polar surface area (TPSA) is 78.9 Å². The van der Waals surface area contributed by atoms with Crippen LogP contribution in [0.25, 0.3) is 0 Å². The van der Waals surface area contributed by atoms with Gasteiger partial charge in [0.25, 0.3) is 0 Å². The van der Waals surface area contributed by atoms with Crippen molar-refractivity contribution in [1.82, 2.24) is 0 Å². The van der Waals surface area contributed by atoms with Gasteiger partial charge in [0.1, 0.15) is 13.2 Å². The molecule has 0 aliphatic heterocycles. The van der Waals surface area contributed by atoms with Crippen LogP contribution in [0.15, 0.2) is 85.1 Å². The van der Waals surface area contributed by atoms with Gasteiger partial charge in [0, 0.05) is 19.3 Å². The van der Waals surface area contributed by atoms with Gasteiger partial charge < -0.3 is 14.2 Å². The third kappa shape index (κ3) is 63.3. The highest BCUT2D eigenvalue weighted by molar-refractivity contribution is 5.71. The first-order valence-electron chi connectivity index (χ1n) is 33.1. The number of ether oxygens (including phenoxy) is 3. The molecule has 0 aromatic carbocycles. The van der Waals surface area contributed by atoms with E-state index in [-0.39, 0.29) is 37.5 Å². The van der Waals surface area contributed by atoms with Crippen LogP contribution >= 0.6 is 0 Å². The van der Waals surface area contributed by atoms with Crippen molar-refractivity contribution in [3.8, 4) is 0 Å². The van der Waals surface area contributed by atoms with E-state index in [0.717, 1.165) is 103 Å². The van der Waals surface area contributed by atoms with Gasteiger partial charge in [-0.15, -0.1) is 0 Å². The molecule has 0 fully saturated rings. The Morgan fingerprint density at radius 1 is 0.273 bits per heavy atom. The average molecular weight is 1070 g/mol. The Balaban J connectivity index is 4.17. The first kappa shape index (κ1) is 73.6. The molecule has 0 aliphatic carbocycles. The lowest BCUT2D eigenvalue weighted by atomic mass is 10.0. The summed E-state index contributed by atoms with van der Waals surface area (Å²) in [7, 11) is 0. The molecule has 0 aromatic heterocycles. The number of esters is 3. The normalized spacial score (nSPS) is 12.6. The third-order valence-corrected chi connectivity index (χ3v) is 14.4. The molecule has 1 atom stereocenters. The van der Waals surface area contributed by atoms with Gasteiger partial charge in [-0.2, -0.15) is 0 Å². The Bertz CT molecular complexity index is 1470. The van der Waals surface area contributed by atoms with Crippen LogP contribution in [0.4, 0.5) is 0 Å². The van der Waals surface area contributed by atoms with E-state index >= 15 is 0 Å². The first-order chi connectivity index (χ1) is 38.0. The third-order valence-electron chi connectivity index (χ3n) is 14.4. The number of hydrogen-bond acceptors (Lipinski definition) is 6. The number of carbonyl (C=O) groups is 3. The van der Waals surface area contributed by atoms with E-state index in [1.54, 1.807) is 0 Å². The second-order valence-corrected chi connectivity index (χ2v) is 22.0. The van der Waals surface area contributed by atoms with Crippen LogP contribution in [0, 0.1) is 0 Å². The molecular weight excluding hydrogens is 949 g/mol. The molecule has 0 amide bonds. The molecule has 0 spiro atoms. The Morgan fingerprint density at radius 3 is 0.818 bits per heavy atom. The number of rotatable bonds is 60. The summed E-state index contributed by atoms with van der Waals surface area (Å²) in [5, 5.41) is 0. The molecule has 6 nitrogen and oxygen atoms in total. The van der Waals surface area contributed by atoms with Gasteiger partial charge in [-0.05, 0) is 89.9 Å². The highest BCUT2D eigenvalue weighted by atomic mass is 16.6. The molecule has 0 saturated heterocycles. The van der Waals surface area contributed by atoms with Crippen molar-refractivity contribution in [2.75, 3.05) is 13.2 Å². The van der Waals surface area contributed by atoms with Crippen molar-refractivity contribution in [3.05, 3.63) is 85.1 Å². The van der Waals surface area contributed by atoms with Gasteiger partial charge in [0.05, 0.1) is 0 Å². The van der Waals surface area contributed by atoms with Crippen LogP contribution in [0.3, 0.4) is 0 Å². The standard InChI is InChI=1S/C71H124O6/c1-4-7-10-13-16-19-22-25-27-28-29-30-31-32-33-34-35-36-37-38-39-40-41-42-44-46-49-52-55-58-61-64-70(73)76-67-68(66-75-69(72)63-60-57-54-51-48-45-24-21-18-15-12-9-6-3)77-71(74)65-62-59-56-53-50-47-43-26-23-20-17-14-11-8-5-2/h8-9,11-12,17-18,20-21,26,43,45,48,50,53,68H,4-7,10,13-16,19,22-25,27-42,44,46-47,49,51-52,54-67H2,1-3H3/b11-8-,12-9-,20-17-,21-18-,43-26-,48-45-,53-50-. The molecular formula is C71H124O6. The van der Waals surface area contributed by atoms with Crippen LogP contribution in [0.2, 0.25) is 0 Å². The summed E-state index contributed by atoms with van der Waals surface area (Å²) < 4.78 is 16.8. The fourth-order valence-corrected chi connectivity index (χ4v) is 9.51. The van der Waals surface area contributed by atoms with Gasteiger partial charge in [-0.25, -0.2) is 0 Å². The quantitative estimate of drug-likeness (QED) is 0.0261. The predicted molar refractivity (Wildman–Crippen MR) is 334 cm³/mol. The van der Waals surface area contributed by atoms with E-state index in [4.69, 9.17) is 14.2 Å². The maximum Gasteiger partial charge on any atom is 0.306 e. The van der Waals surface area contributed by atoms with Crippen LogP contribution in [-0.2, 0) is 28.6 Å². The molecule has 1 unspecified atom stereocenters. The molecule has 77 heavy (non-hydrogen) atoms. The van der Waals surface area contributed by atoms with Crippen molar-refractivity contribution in [2.45, 2.75) is 335 Å². The summed E-state index contributed by atoms with van der Waals surface area (Å²) in [6.45, 7) is 6.38. The van der Waals surface area contributed by atoms with Crippen molar-refractivity contribution in [1.29, 1.82) is 0 Å². The SMILES string of the molecule is CC/C=C\C/C=C\C/C=C\C/C=C\CCCCC(=O)OC(COC(=O)CCCCC/C=C\C/C=C\C/C=C\CC)COC(=O)CCCCCCCCCCCCCCCCCCCCCCCCCCCCCCCCC. The van der Waals surface area contributed by atoms with Gasteiger partial charge >= 0.3 is 17.9 Å². The van der Waals surface area contributed by atoms with Gasteiger partial charge in [-0.1, -0.05) is 305 Å². The minimum absolute atomic E-state index is 0.101. The Morgan fingerprint density at radius 2 is 0.506 bits per heavy atom. The monoisotopic (exact) mass is 1070 g/mol. The number of allylic oxidation sites excluding steroid dienone is 14. The van der Waals surface area contributed by atoms with E-state index in [1.165, 1.54) is 180 Å². The molecule has 0 saturated carbocycles. The molecule has 0 aromatic rings. The fourth-order valence-electron chi connectivity index (χ4n) is 9.51. The second kappa shape index (κ2) is 65.1. The van der Waals surface area contributed by atoms with Crippen molar-refractivity contribution in [3.63, 3.8) is 0 Å². The Hall–Kier alpha value is -3.41. The largest absolute Gasteiger partial charge is 0.462 e. The molecule has 6 heteroatoms. The zero-order valence-electron chi connectivity index (χ0n) is 51.0. The van der Waals surface area contributed by atoms with Crippen molar-refractivity contribution >= 4 is 17.9 Å². The smallest absolute Gasteiger partial charge is 0.306 e. The zero-order valence-corrected chi connectivity index (χ0v) is 51.0. The van der Waals surface area contributed by atoms with E-state index < -0.39 is 6.10 Å². The van der Waals surface area contributed by atoms with Crippen molar-refractivity contribution in [2.24, 2.45) is 0 Å². The van der Waals surface area contributed by atoms with Gasteiger partial charge in [0.15, 0.2) is 6.10 Å². The van der Waals surface area contributed by atoms with E-state index in [9.17, 15) is 14.4 Å². The number of hydrogen-bond donors (Lipinski definition) is 0. The first-order valence-corrected chi connectivity index (χ1v) is 33.1. The fraction of sp³-hybridized carbons (Fsp3) is 0.761. The van der Waals surface area contributed by atoms with Gasteiger partial charge in [0.2, 0.25) is 0 Å². The van der Waals surface area contributed by atoms with Crippen LogP contribution in [0.1, 0.15) is 329 Å². The lowest BCUT2D eigenvalue weighted by Crippen LogP contribution is -2.30. The summed E-state index contributed by atoms with van der Waals surface area (Å²) in [6, 6.07) is 0. The Kier molecular flexibility index (Phi) is 62.2. The summed E-state index contributed by atoms with van der Waals surface area (Å²) in [4.78, 5) is 38.2. The Labute approximate surface area is 477 Å². The average Bonchev–Trinajstić information content (AvgIpc) is 3.43.